The van der Waals surface area contributed by atoms with Crippen LogP contribution in [0.1, 0.15) is 258 Å². The average molecular weight is 815 g/mol. The summed E-state index contributed by atoms with van der Waals surface area (Å²) < 4.78 is 16.7. The molecule has 0 aromatic carbocycles. The Labute approximate surface area is 359 Å². The van der Waals surface area contributed by atoms with Crippen LogP contribution in [0.15, 0.2) is 36.5 Å². The largest absolute Gasteiger partial charge is 0.462 e. The molecule has 338 valence electrons. The Morgan fingerprint density at radius 1 is 0.345 bits per heavy atom. The van der Waals surface area contributed by atoms with Crippen LogP contribution in [0.2, 0.25) is 0 Å². The molecule has 0 aliphatic heterocycles. The number of rotatable bonds is 45. The molecule has 0 aromatic heterocycles. The molecule has 0 aliphatic carbocycles. The highest BCUT2D eigenvalue weighted by molar-refractivity contribution is 5.71. The molecule has 0 saturated carbocycles. The van der Waals surface area contributed by atoms with Gasteiger partial charge >= 0.3 is 17.9 Å². The third-order valence-corrected chi connectivity index (χ3v) is 10.9. The van der Waals surface area contributed by atoms with Crippen molar-refractivity contribution in [2.45, 2.75) is 264 Å². The van der Waals surface area contributed by atoms with Gasteiger partial charge < -0.3 is 14.2 Å². The first-order valence-corrected chi connectivity index (χ1v) is 25.0. The van der Waals surface area contributed by atoms with Crippen LogP contribution in [0.5, 0.6) is 0 Å². The van der Waals surface area contributed by atoms with Crippen molar-refractivity contribution in [1.82, 2.24) is 0 Å². The second-order valence-electron chi connectivity index (χ2n) is 16.7. The quantitative estimate of drug-likeness (QED) is 0.0264. The topological polar surface area (TPSA) is 78.9 Å². The van der Waals surface area contributed by atoms with Crippen LogP contribution in [0.25, 0.3) is 0 Å². The molecule has 0 radical (unpaired) electrons. The van der Waals surface area contributed by atoms with E-state index >= 15 is 0 Å². The minimum atomic E-state index is -0.781. The fraction of sp³-hybridized carbons (Fsp3) is 0.827. The molecule has 58 heavy (non-hydrogen) atoms. The van der Waals surface area contributed by atoms with Gasteiger partial charge in [0.25, 0.3) is 0 Å². The first kappa shape index (κ1) is 55.6. The maximum atomic E-state index is 12.7. The number of hydrogen-bond acceptors (Lipinski definition) is 6. The summed E-state index contributed by atoms with van der Waals surface area (Å²) in [7, 11) is 0. The lowest BCUT2D eigenvalue weighted by Gasteiger charge is -2.18. The van der Waals surface area contributed by atoms with Crippen molar-refractivity contribution in [1.29, 1.82) is 0 Å². The van der Waals surface area contributed by atoms with Gasteiger partial charge in [-0.05, 0) is 70.6 Å². The first-order chi connectivity index (χ1) is 28.5. The summed E-state index contributed by atoms with van der Waals surface area (Å²) in [5.41, 5.74) is 0. The van der Waals surface area contributed by atoms with Gasteiger partial charge in [-0.25, -0.2) is 0 Å². The maximum Gasteiger partial charge on any atom is 0.306 e. The van der Waals surface area contributed by atoms with Crippen molar-refractivity contribution in [3.63, 3.8) is 0 Å². The average Bonchev–Trinajstić information content (AvgIpc) is 3.22. The molecule has 6 nitrogen and oxygen atoms in total. The number of carbonyl (C=O) groups excluding carboxylic acids is 3. The number of allylic oxidation sites excluding steroid dienone is 6. The Balaban J connectivity index is 4.33. The molecule has 0 aromatic rings. The first-order valence-electron chi connectivity index (χ1n) is 25.0. The molecule has 1 atom stereocenters. The van der Waals surface area contributed by atoms with Gasteiger partial charge in [0.1, 0.15) is 13.2 Å². The third kappa shape index (κ3) is 44.7. The molecule has 0 N–H and O–H groups in total. The normalized spacial score (nSPS) is 12.3. The van der Waals surface area contributed by atoms with Crippen molar-refractivity contribution in [2.75, 3.05) is 13.2 Å². The Morgan fingerprint density at radius 2 is 0.638 bits per heavy atom. The van der Waals surface area contributed by atoms with Crippen molar-refractivity contribution >= 4 is 17.9 Å². The standard InChI is InChI=1S/C52H94O6/c1-4-7-10-13-16-19-21-23-25-26-27-29-30-33-36-39-42-45-51(54)57-48-49(47-56-50(53)44-41-38-35-32-18-15-12-9-6-3)58-52(55)46-43-40-37-34-31-28-24-22-20-17-14-11-8-5-2/h16,19,23,25,32,35,49H,4-15,17-18,20-22,24,26-31,33-34,36-48H2,1-3H3/b19-16-,25-23-,35-32-. The van der Waals surface area contributed by atoms with E-state index in [1.54, 1.807) is 0 Å². The number of carbonyl (C=O) groups is 3. The number of hydrogen-bond donors (Lipinski definition) is 0. The van der Waals surface area contributed by atoms with Gasteiger partial charge in [0.05, 0.1) is 0 Å². The van der Waals surface area contributed by atoms with E-state index in [0.29, 0.717) is 19.3 Å². The molecule has 0 spiro atoms. The van der Waals surface area contributed by atoms with E-state index in [-0.39, 0.29) is 31.1 Å². The van der Waals surface area contributed by atoms with Crippen molar-refractivity contribution in [3.8, 4) is 0 Å². The highest BCUT2D eigenvalue weighted by Gasteiger charge is 2.19. The Kier molecular flexibility index (Phi) is 45.4. The van der Waals surface area contributed by atoms with Gasteiger partial charge in [-0.2, -0.15) is 0 Å². The Bertz CT molecular complexity index is 984. The van der Waals surface area contributed by atoms with E-state index in [0.717, 1.165) is 70.6 Å². The second-order valence-corrected chi connectivity index (χ2v) is 16.7. The van der Waals surface area contributed by atoms with Gasteiger partial charge in [0.15, 0.2) is 6.10 Å². The summed E-state index contributed by atoms with van der Waals surface area (Å²) in [5.74, 6) is -0.919. The van der Waals surface area contributed by atoms with Gasteiger partial charge in [-0.1, -0.05) is 205 Å². The van der Waals surface area contributed by atoms with Crippen LogP contribution in [-0.4, -0.2) is 37.2 Å². The zero-order chi connectivity index (χ0) is 42.3. The van der Waals surface area contributed by atoms with E-state index in [4.69, 9.17) is 14.2 Å². The van der Waals surface area contributed by atoms with E-state index in [2.05, 4.69) is 57.2 Å². The van der Waals surface area contributed by atoms with Crippen LogP contribution >= 0.6 is 0 Å². The second kappa shape index (κ2) is 47.3. The van der Waals surface area contributed by atoms with E-state index in [1.165, 1.54) is 148 Å². The van der Waals surface area contributed by atoms with Crippen LogP contribution in [0.3, 0.4) is 0 Å². The molecular formula is C52H94O6. The molecule has 0 aliphatic rings. The predicted molar refractivity (Wildman–Crippen MR) is 247 cm³/mol. The van der Waals surface area contributed by atoms with E-state index in [1.807, 2.05) is 0 Å². The highest BCUT2D eigenvalue weighted by atomic mass is 16.6. The minimum Gasteiger partial charge on any atom is -0.462 e. The third-order valence-electron chi connectivity index (χ3n) is 10.9. The zero-order valence-corrected chi connectivity index (χ0v) is 38.6. The molecule has 0 saturated heterocycles. The highest BCUT2D eigenvalue weighted by Crippen LogP contribution is 2.15. The number of ether oxygens (including phenoxy) is 3. The summed E-state index contributed by atoms with van der Waals surface area (Å²) in [6.07, 6.45) is 54.2. The van der Waals surface area contributed by atoms with E-state index < -0.39 is 6.10 Å². The lowest BCUT2D eigenvalue weighted by molar-refractivity contribution is -0.167. The zero-order valence-electron chi connectivity index (χ0n) is 38.6. The van der Waals surface area contributed by atoms with Gasteiger partial charge in [0, 0.05) is 19.3 Å². The molecule has 0 bridgehead atoms. The summed E-state index contributed by atoms with van der Waals surface area (Å²) in [4.78, 5) is 37.8. The van der Waals surface area contributed by atoms with E-state index in [9.17, 15) is 14.4 Å². The molecular weight excluding hydrogens is 721 g/mol. The fourth-order valence-electron chi connectivity index (χ4n) is 7.06. The minimum absolute atomic E-state index is 0.0823. The molecule has 0 fully saturated rings. The lowest BCUT2D eigenvalue weighted by Crippen LogP contribution is -2.30. The fourth-order valence-corrected chi connectivity index (χ4v) is 7.06. The van der Waals surface area contributed by atoms with Gasteiger partial charge in [-0.3, -0.25) is 14.4 Å². The lowest BCUT2D eigenvalue weighted by atomic mass is 10.0. The van der Waals surface area contributed by atoms with Crippen LogP contribution in [0, 0.1) is 0 Å². The number of esters is 3. The van der Waals surface area contributed by atoms with Gasteiger partial charge in [-0.15, -0.1) is 0 Å². The number of unbranched alkanes of at least 4 members (excludes halogenated alkanes) is 28. The van der Waals surface area contributed by atoms with Crippen molar-refractivity contribution in [3.05, 3.63) is 36.5 Å². The van der Waals surface area contributed by atoms with Crippen LogP contribution < -0.4 is 0 Å². The molecule has 0 amide bonds. The maximum absolute atomic E-state index is 12.7. The predicted octanol–water partition coefficient (Wildman–Crippen LogP) is 16.1. The Morgan fingerprint density at radius 3 is 1.09 bits per heavy atom. The molecule has 1 unspecified atom stereocenters. The summed E-state index contributed by atoms with van der Waals surface area (Å²) >= 11 is 0. The molecule has 0 rings (SSSR count). The van der Waals surface area contributed by atoms with Crippen LogP contribution in [-0.2, 0) is 28.6 Å². The monoisotopic (exact) mass is 815 g/mol. The molecule has 6 heteroatoms. The molecule has 0 heterocycles. The smallest absolute Gasteiger partial charge is 0.306 e. The van der Waals surface area contributed by atoms with Crippen molar-refractivity contribution < 1.29 is 28.6 Å². The summed E-state index contributed by atoms with van der Waals surface area (Å²) in [5, 5.41) is 0. The Hall–Kier alpha value is -2.37. The van der Waals surface area contributed by atoms with Crippen molar-refractivity contribution in [2.24, 2.45) is 0 Å². The van der Waals surface area contributed by atoms with Crippen LogP contribution in [0.4, 0.5) is 0 Å². The van der Waals surface area contributed by atoms with Gasteiger partial charge in [0.2, 0.25) is 0 Å². The summed E-state index contributed by atoms with van der Waals surface area (Å²) in [6, 6.07) is 0. The summed E-state index contributed by atoms with van der Waals surface area (Å²) in [6.45, 7) is 6.56. The SMILES string of the molecule is CCCCC/C=C\C/C=C\CCCCCCCCCC(=O)OCC(COC(=O)CCC/C=C\CCCCCC)OC(=O)CCCCCCCCCCCCCCCC.